The van der Waals surface area contributed by atoms with Crippen LogP contribution in [0.5, 0.6) is 0 Å². The molecule has 1 aliphatic heterocycles. The molecule has 39 heavy (non-hydrogen) atoms. The first kappa shape index (κ1) is 24.7. The summed E-state index contributed by atoms with van der Waals surface area (Å²) in [5.74, 6) is 1.42. The van der Waals surface area contributed by atoms with Crippen LogP contribution < -0.4 is 5.32 Å². The first-order chi connectivity index (χ1) is 19.2. The van der Waals surface area contributed by atoms with Crippen LogP contribution in [0.4, 0.5) is 5.82 Å². The number of fused-ring (bicyclic) bond motifs is 1. The van der Waals surface area contributed by atoms with E-state index < -0.39 is 0 Å². The average molecular weight is 515 g/mol. The Morgan fingerprint density at radius 2 is 1.56 bits per heavy atom. The van der Waals surface area contributed by atoms with Gasteiger partial charge in [-0.25, -0.2) is 9.97 Å². The maximum absolute atomic E-state index is 13.0. The molecule has 1 amide bonds. The van der Waals surface area contributed by atoms with Crippen LogP contribution in [0.25, 0.3) is 33.4 Å². The van der Waals surface area contributed by atoms with Gasteiger partial charge in [0, 0.05) is 43.5 Å². The molecule has 3 aromatic carbocycles. The van der Waals surface area contributed by atoms with Crippen LogP contribution in [0.3, 0.4) is 0 Å². The van der Waals surface area contributed by atoms with Crippen LogP contribution in [-0.4, -0.2) is 63.9 Å². The van der Waals surface area contributed by atoms with Gasteiger partial charge in [-0.1, -0.05) is 60.7 Å². The molecule has 0 saturated carbocycles. The molecule has 5 aromatic rings. The van der Waals surface area contributed by atoms with Crippen LogP contribution in [0.2, 0.25) is 0 Å². The van der Waals surface area contributed by atoms with E-state index in [-0.39, 0.29) is 5.91 Å². The molecule has 1 N–H and O–H groups in total. The summed E-state index contributed by atoms with van der Waals surface area (Å²) >= 11 is 0. The third kappa shape index (κ3) is 5.35. The predicted molar refractivity (Wildman–Crippen MR) is 155 cm³/mol. The molecule has 2 aromatic heterocycles. The highest BCUT2D eigenvalue weighted by atomic mass is 16.2. The highest BCUT2D eigenvalue weighted by Crippen LogP contribution is 2.34. The zero-order chi connectivity index (χ0) is 26.6. The molecule has 0 unspecified atom stereocenters. The Bertz CT molecular complexity index is 1580. The SMILES string of the molecule is CN1CCN(C(=O)c2ccc(-c3nc(NCc4ccccn4)c4c(-c5ccccc5)cccc4n3)cc2)CC1. The van der Waals surface area contributed by atoms with Gasteiger partial charge in [-0.05, 0) is 48.5 Å². The molecule has 1 fully saturated rings. The van der Waals surface area contributed by atoms with E-state index in [9.17, 15) is 4.79 Å². The van der Waals surface area contributed by atoms with Gasteiger partial charge in [-0.2, -0.15) is 0 Å². The van der Waals surface area contributed by atoms with Gasteiger partial charge in [-0.15, -0.1) is 0 Å². The number of hydrogen-bond acceptors (Lipinski definition) is 6. The molecule has 6 rings (SSSR count). The van der Waals surface area contributed by atoms with Crippen molar-refractivity contribution in [2.75, 3.05) is 38.5 Å². The number of carbonyl (C=O) groups is 1. The first-order valence-corrected chi connectivity index (χ1v) is 13.2. The molecule has 3 heterocycles. The number of aromatic nitrogens is 3. The molecular formula is C32H30N6O. The smallest absolute Gasteiger partial charge is 0.253 e. The number of rotatable bonds is 6. The summed E-state index contributed by atoms with van der Waals surface area (Å²) in [7, 11) is 2.09. The van der Waals surface area contributed by atoms with Gasteiger partial charge in [0.25, 0.3) is 5.91 Å². The van der Waals surface area contributed by atoms with E-state index in [4.69, 9.17) is 9.97 Å². The highest BCUT2D eigenvalue weighted by Gasteiger charge is 2.21. The monoisotopic (exact) mass is 514 g/mol. The van der Waals surface area contributed by atoms with Gasteiger partial charge in [0.1, 0.15) is 5.82 Å². The van der Waals surface area contributed by atoms with E-state index in [0.717, 1.165) is 65.3 Å². The normalized spacial score (nSPS) is 13.9. The Morgan fingerprint density at radius 3 is 2.31 bits per heavy atom. The summed E-state index contributed by atoms with van der Waals surface area (Å²) in [5, 5.41) is 4.49. The second-order valence-electron chi connectivity index (χ2n) is 9.81. The minimum absolute atomic E-state index is 0.0688. The molecule has 194 valence electrons. The van der Waals surface area contributed by atoms with Gasteiger partial charge < -0.3 is 15.1 Å². The van der Waals surface area contributed by atoms with E-state index in [1.807, 2.05) is 77.7 Å². The van der Waals surface area contributed by atoms with Crippen molar-refractivity contribution in [3.05, 3.63) is 108 Å². The third-order valence-electron chi connectivity index (χ3n) is 7.15. The number of carbonyl (C=O) groups excluding carboxylic acids is 1. The van der Waals surface area contributed by atoms with E-state index >= 15 is 0 Å². The Balaban J connectivity index is 1.37. The summed E-state index contributed by atoms with van der Waals surface area (Å²) < 4.78 is 0. The lowest BCUT2D eigenvalue weighted by molar-refractivity contribution is 0.0664. The fraction of sp³-hybridized carbons (Fsp3) is 0.188. The summed E-state index contributed by atoms with van der Waals surface area (Å²) in [6.45, 7) is 3.83. The zero-order valence-corrected chi connectivity index (χ0v) is 21.9. The van der Waals surface area contributed by atoms with Crippen LogP contribution in [0, 0.1) is 0 Å². The fourth-order valence-corrected chi connectivity index (χ4v) is 4.93. The third-order valence-corrected chi connectivity index (χ3v) is 7.15. The number of nitrogens with zero attached hydrogens (tertiary/aromatic N) is 5. The molecule has 1 saturated heterocycles. The van der Waals surface area contributed by atoms with Crippen molar-refractivity contribution >= 4 is 22.6 Å². The van der Waals surface area contributed by atoms with Crippen molar-refractivity contribution in [2.45, 2.75) is 6.54 Å². The number of amides is 1. The van der Waals surface area contributed by atoms with Gasteiger partial charge in [0.15, 0.2) is 5.82 Å². The standard InChI is InChI=1S/C32H30N6O/c1-37-18-20-38(21-19-37)32(39)25-15-13-24(14-16-25)30-35-28-12-7-11-27(23-8-3-2-4-9-23)29(28)31(36-30)34-22-26-10-5-6-17-33-26/h2-17H,18-22H2,1H3,(H,34,35,36). The minimum atomic E-state index is 0.0688. The number of benzene rings is 3. The summed E-state index contributed by atoms with van der Waals surface area (Å²) in [6, 6.07) is 30.0. The van der Waals surface area contributed by atoms with E-state index in [1.54, 1.807) is 6.20 Å². The molecule has 1 aliphatic rings. The van der Waals surface area contributed by atoms with Crippen LogP contribution >= 0.6 is 0 Å². The Hall–Kier alpha value is -4.62. The number of nitrogens with one attached hydrogen (secondary N) is 1. The molecule has 0 aliphatic carbocycles. The second kappa shape index (κ2) is 11.0. The van der Waals surface area contributed by atoms with Crippen molar-refractivity contribution in [3.8, 4) is 22.5 Å². The lowest BCUT2D eigenvalue weighted by Gasteiger charge is -2.32. The number of pyridine rings is 1. The topological polar surface area (TPSA) is 74.2 Å². The molecule has 0 spiro atoms. The van der Waals surface area contributed by atoms with Gasteiger partial charge in [-0.3, -0.25) is 9.78 Å². The molecule has 0 radical (unpaired) electrons. The van der Waals surface area contributed by atoms with E-state index in [0.29, 0.717) is 17.9 Å². The maximum Gasteiger partial charge on any atom is 0.253 e. The van der Waals surface area contributed by atoms with Crippen molar-refractivity contribution in [2.24, 2.45) is 0 Å². The molecule has 0 atom stereocenters. The van der Waals surface area contributed by atoms with Gasteiger partial charge in [0.2, 0.25) is 0 Å². The fourth-order valence-electron chi connectivity index (χ4n) is 4.93. The van der Waals surface area contributed by atoms with E-state index in [2.05, 4.69) is 40.4 Å². The number of likely N-dealkylation sites (N-methyl/N-ethyl adjacent to an activating group) is 1. The summed E-state index contributed by atoms with van der Waals surface area (Å²) in [6.07, 6.45) is 1.79. The molecule has 7 nitrogen and oxygen atoms in total. The Kier molecular flexibility index (Phi) is 6.97. The number of anilines is 1. The van der Waals surface area contributed by atoms with Crippen LogP contribution in [0.15, 0.2) is 97.2 Å². The first-order valence-electron chi connectivity index (χ1n) is 13.2. The quantitative estimate of drug-likeness (QED) is 0.329. The Morgan fingerprint density at radius 1 is 0.795 bits per heavy atom. The highest BCUT2D eigenvalue weighted by molar-refractivity contribution is 6.02. The molecular weight excluding hydrogens is 484 g/mol. The number of hydrogen-bond donors (Lipinski definition) is 1. The number of piperazine rings is 1. The van der Waals surface area contributed by atoms with Crippen molar-refractivity contribution in [1.82, 2.24) is 24.8 Å². The zero-order valence-electron chi connectivity index (χ0n) is 21.9. The molecule has 0 bridgehead atoms. The van der Waals surface area contributed by atoms with E-state index in [1.165, 1.54) is 0 Å². The largest absolute Gasteiger partial charge is 0.364 e. The van der Waals surface area contributed by atoms with Gasteiger partial charge in [0.05, 0.1) is 23.1 Å². The van der Waals surface area contributed by atoms with Crippen molar-refractivity contribution < 1.29 is 4.79 Å². The second-order valence-corrected chi connectivity index (χ2v) is 9.81. The van der Waals surface area contributed by atoms with Crippen LogP contribution in [0.1, 0.15) is 16.1 Å². The van der Waals surface area contributed by atoms with Crippen molar-refractivity contribution in [1.29, 1.82) is 0 Å². The van der Waals surface area contributed by atoms with Gasteiger partial charge >= 0.3 is 0 Å². The average Bonchev–Trinajstić information content (AvgIpc) is 3.00. The predicted octanol–water partition coefficient (Wildman–Crippen LogP) is 5.36. The Labute approximate surface area is 228 Å². The minimum Gasteiger partial charge on any atom is -0.364 e. The van der Waals surface area contributed by atoms with Crippen LogP contribution in [-0.2, 0) is 6.54 Å². The van der Waals surface area contributed by atoms with Crippen molar-refractivity contribution in [3.63, 3.8) is 0 Å². The molecule has 7 heteroatoms. The lowest BCUT2D eigenvalue weighted by Crippen LogP contribution is -2.47. The summed E-state index contributed by atoms with van der Waals surface area (Å²) in [4.78, 5) is 31.6. The maximum atomic E-state index is 13.0. The summed E-state index contributed by atoms with van der Waals surface area (Å²) in [5.41, 5.74) is 5.49. The lowest BCUT2D eigenvalue weighted by atomic mass is 10.0.